The Morgan fingerprint density at radius 3 is 2.50 bits per heavy atom. The minimum Gasteiger partial charge on any atom is -0.386 e. The van der Waals surface area contributed by atoms with Gasteiger partial charge >= 0.3 is 0 Å². The van der Waals surface area contributed by atoms with Gasteiger partial charge in [-0.2, -0.15) is 4.31 Å². The van der Waals surface area contributed by atoms with E-state index in [1.165, 1.54) is 27.8 Å². The highest BCUT2D eigenvalue weighted by Gasteiger charge is 2.23. The van der Waals surface area contributed by atoms with Crippen molar-refractivity contribution in [2.24, 2.45) is 5.73 Å². The molecule has 0 bridgehead atoms. The number of carbonyl (C=O) groups is 1. The Hall–Kier alpha value is -2.01. The van der Waals surface area contributed by atoms with Gasteiger partial charge in [0.1, 0.15) is 10.7 Å². The van der Waals surface area contributed by atoms with Crippen LogP contribution in [0.5, 0.6) is 0 Å². The molecular weight excluding hydrogens is 374 g/mol. The molecule has 0 spiro atoms. The number of nitrogens with zero attached hydrogens (tertiary/aromatic N) is 2. The fraction of sp³-hybridized carbons (Fsp3) is 0.375. The van der Waals surface area contributed by atoms with Gasteiger partial charge in [-0.1, -0.05) is 13.8 Å². The Kier molecular flexibility index (Phi) is 6.70. The van der Waals surface area contributed by atoms with Gasteiger partial charge in [0.15, 0.2) is 0 Å². The average Bonchev–Trinajstić information content (AvgIpc) is 3.11. The molecular formula is C16H23N5O3S2. The lowest BCUT2D eigenvalue weighted by Crippen LogP contribution is -2.30. The fourth-order valence-electron chi connectivity index (χ4n) is 2.41. The van der Waals surface area contributed by atoms with E-state index in [4.69, 9.17) is 5.73 Å². The first-order valence-electron chi connectivity index (χ1n) is 8.15. The molecule has 10 heteroatoms. The lowest BCUT2D eigenvalue weighted by Gasteiger charge is -2.19. The standard InChI is InChI=1S/C16H23N5O3S2/c1-4-21(5-2)26(23,24)11-6-7-12(18-3)13(8-11)20-16(22)14-10-25-15(9-17)19-14/h6-8,10,18H,4-5,9,17H2,1-3H3,(H,20,22). The zero-order valence-corrected chi connectivity index (χ0v) is 16.6. The molecule has 4 N–H and O–H groups in total. The monoisotopic (exact) mass is 397 g/mol. The van der Waals surface area contributed by atoms with Crippen LogP contribution in [0.1, 0.15) is 29.3 Å². The quantitative estimate of drug-likeness (QED) is 0.626. The van der Waals surface area contributed by atoms with E-state index in [0.29, 0.717) is 29.5 Å². The van der Waals surface area contributed by atoms with Crippen LogP contribution in [0.4, 0.5) is 11.4 Å². The van der Waals surface area contributed by atoms with Gasteiger partial charge in [-0.05, 0) is 18.2 Å². The van der Waals surface area contributed by atoms with Crippen molar-refractivity contribution < 1.29 is 13.2 Å². The molecule has 0 aliphatic carbocycles. The highest BCUT2D eigenvalue weighted by molar-refractivity contribution is 7.89. The van der Waals surface area contributed by atoms with Crippen molar-refractivity contribution in [2.45, 2.75) is 25.3 Å². The van der Waals surface area contributed by atoms with Gasteiger partial charge in [-0.15, -0.1) is 11.3 Å². The van der Waals surface area contributed by atoms with Gasteiger partial charge in [0.25, 0.3) is 5.91 Å². The maximum Gasteiger partial charge on any atom is 0.275 e. The molecule has 2 aromatic rings. The molecule has 0 aliphatic heterocycles. The van der Waals surface area contributed by atoms with Crippen molar-refractivity contribution in [3.05, 3.63) is 34.3 Å². The van der Waals surface area contributed by atoms with Crippen LogP contribution in [0.3, 0.4) is 0 Å². The number of hydrogen-bond acceptors (Lipinski definition) is 7. The Morgan fingerprint density at radius 2 is 1.96 bits per heavy atom. The summed E-state index contributed by atoms with van der Waals surface area (Å²) in [5.41, 5.74) is 6.74. The topological polar surface area (TPSA) is 117 Å². The summed E-state index contributed by atoms with van der Waals surface area (Å²) in [6, 6.07) is 4.59. The molecule has 1 heterocycles. The second-order valence-electron chi connectivity index (χ2n) is 5.33. The number of nitrogens with one attached hydrogen (secondary N) is 2. The number of sulfonamides is 1. The predicted molar refractivity (Wildman–Crippen MR) is 104 cm³/mol. The minimum absolute atomic E-state index is 0.122. The van der Waals surface area contributed by atoms with Crippen LogP contribution in [0.2, 0.25) is 0 Å². The zero-order valence-electron chi connectivity index (χ0n) is 14.9. The van der Waals surface area contributed by atoms with Gasteiger partial charge in [0.05, 0.1) is 16.3 Å². The second kappa shape index (κ2) is 8.58. The summed E-state index contributed by atoms with van der Waals surface area (Å²) < 4.78 is 26.8. The van der Waals surface area contributed by atoms with Crippen LogP contribution in [-0.2, 0) is 16.6 Å². The minimum atomic E-state index is -3.62. The van der Waals surface area contributed by atoms with Crippen LogP contribution in [0, 0.1) is 0 Å². The van der Waals surface area contributed by atoms with Crippen LogP contribution < -0.4 is 16.4 Å². The van der Waals surface area contributed by atoms with E-state index >= 15 is 0 Å². The van der Waals surface area contributed by atoms with Crippen molar-refractivity contribution in [2.75, 3.05) is 30.8 Å². The lowest BCUT2D eigenvalue weighted by atomic mass is 10.2. The first-order chi connectivity index (χ1) is 12.4. The smallest absolute Gasteiger partial charge is 0.275 e. The summed E-state index contributed by atoms with van der Waals surface area (Å²) in [6.45, 7) is 4.56. The number of thiazole rings is 1. The number of aromatic nitrogens is 1. The highest BCUT2D eigenvalue weighted by Crippen LogP contribution is 2.27. The molecule has 142 valence electrons. The van der Waals surface area contributed by atoms with Crippen molar-refractivity contribution in [3.63, 3.8) is 0 Å². The summed E-state index contributed by atoms with van der Waals surface area (Å²) in [6.07, 6.45) is 0. The third-order valence-electron chi connectivity index (χ3n) is 3.81. The predicted octanol–water partition coefficient (Wildman–Crippen LogP) is 1.93. The van der Waals surface area contributed by atoms with Crippen LogP contribution in [0.25, 0.3) is 0 Å². The number of nitrogens with two attached hydrogens (primary N) is 1. The second-order valence-corrected chi connectivity index (χ2v) is 8.21. The van der Waals surface area contributed by atoms with E-state index in [2.05, 4.69) is 15.6 Å². The molecule has 0 saturated carbocycles. The van der Waals surface area contributed by atoms with E-state index in [9.17, 15) is 13.2 Å². The summed E-state index contributed by atoms with van der Waals surface area (Å²) in [4.78, 5) is 16.7. The van der Waals surface area contributed by atoms with Gasteiger partial charge in [-0.25, -0.2) is 13.4 Å². The molecule has 8 nitrogen and oxygen atoms in total. The maximum absolute atomic E-state index is 12.7. The molecule has 1 aromatic carbocycles. The number of carbonyl (C=O) groups excluding carboxylic acids is 1. The highest BCUT2D eigenvalue weighted by atomic mass is 32.2. The Labute approximate surface area is 157 Å². The third-order valence-corrected chi connectivity index (χ3v) is 6.73. The van der Waals surface area contributed by atoms with Gasteiger partial charge < -0.3 is 16.4 Å². The van der Waals surface area contributed by atoms with Crippen molar-refractivity contribution in [1.82, 2.24) is 9.29 Å². The normalized spacial score (nSPS) is 11.6. The Balaban J connectivity index is 2.37. The molecule has 1 amide bonds. The van der Waals surface area contributed by atoms with Crippen molar-refractivity contribution >= 4 is 38.6 Å². The summed E-state index contributed by atoms with van der Waals surface area (Å²) in [5.74, 6) is -0.421. The SMILES string of the molecule is CCN(CC)S(=O)(=O)c1ccc(NC)c(NC(=O)c2csc(CN)n2)c1. The molecule has 0 fully saturated rings. The van der Waals surface area contributed by atoms with E-state index in [0.717, 1.165) is 0 Å². The first kappa shape index (κ1) is 20.3. The van der Waals surface area contributed by atoms with Crippen LogP contribution in [-0.4, -0.2) is 43.8 Å². The summed E-state index contributed by atoms with van der Waals surface area (Å²) >= 11 is 1.30. The average molecular weight is 398 g/mol. The van der Waals surface area contributed by atoms with Gasteiger partial charge in [-0.3, -0.25) is 4.79 Å². The molecule has 0 radical (unpaired) electrons. The molecule has 0 unspecified atom stereocenters. The van der Waals surface area contributed by atoms with E-state index in [1.54, 1.807) is 32.3 Å². The van der Waals surface area contributed by atoms with Crippen LogP contribution in [0.15, 0.2) is 28.5 Å². The van der Waals surface area contributed by atoms with E-state index in [-0.39, 0.29) is 17.1 Å². The summed E-state index contributed by atoms with van der Waals surface area (Å²) in [7, 11) is -1.93. The number of hydrogen-bond donors (Lipinski definition) is 3. The van der Waals surface area contributed by atoms with Crippen molar-refractivity contribution in [1.29, 1.82) is 0 Å². The molecule has 1 aromatic heterocycles. The number of benzene rings is 1. The largest absolute Gasteiger partial charge is 0.386 e. The molecule has 0 saturated heterocycles. The Bertz CT molecular complexity index is 876. The van der Waals surface area contributed by atoms with E-state index in [1.807, 2.05) is 0 Å². The van der Waals surface area contributed by atoms with Gasteiger partial charge in [0, 0.05) is 32.1 Å². The number of amides is 1. The van der Waals surface area contributed by atoms with Gasteiger partial charge in [0.2, 0.25) is 10.0 Å². The fourth-order valence-corrected chi connectivity index (χ4v) is 4.55. The van der Waals surface area contributed by atoms with Crippen LogP contribution >= 0.6 is 11.3 Å². The maximum atomic E-state index is 12.7. The Morgan fingerprint density at radius 1 is 1.27 bits per heavy atom. The third kappa shape index (κ3) is 4.21. The van der Waals surface area contributed by atoms with E-state index < -0.39 is 15.9 Å². The summed E-state index contributed by atoms with van der Waals surface area (Å²) in [5, 5.41) is 7.94. The molecule has 2 rings (SSSR count). The van der Waals surface area contributed by atoms with Crippen molar-refractivity contribution in [3.8, 4) is 0 Å². The zero-order chi connectivity index (χ0) is 19.3. The first-order valence-corrected chi connectivity index (χ1v) is 10.5. The molecule has 0 atom stereocenters. The molecule has 0 aliphatic rings. The number of rotatable bonds is 8. The molecule has 26 heavy (non-hydrogen) atoms. The lowest BCUT2D eigenvalue weighted by molar-refractivity contribution is 0.102. The number of anilines is 2.